The fourth-order valence-electron chi connectivity index (χ4n) is 3.09. The summed E-state index contributed by atoms with van der Waals surface area (Å²) in [7, 11) is 1.58. The van der Waals surface area contributed by atoms with Crippen molar-refractivity contribution in [3.63, 3.8) is 0 Å². The van der Waals surface area contributed by atoms with Crippen LogP contribution in [-0.2, 0) is 4.74 Å². The van der Waals surface area contributed by atoms with E-state index in [9.17, 15) is 4.79 Å². The van der Waals surface area contributed by atoms with E-state index in [2.05, 4.69) is 37.8 Å². The topological polar surface area (TPSA) is 66.2 Å². The Balaban J connectivity index is 2.33. The van der Waals surface area contributed by atoms with Crippen molar-refractivity contribution in [1.82, 2.24) is 14.8 Å². The lowest BCUT2D eigenvalue weighted by atomic mass is 9.84. The van der Waals surface area contributed by atoms with Gasteiger partial charge in [-0.15, -0.1) is 5.10 Å². The van der Waals surface area contributed by atoms with E-state index in [4.69, 9.17) is 32.7 Å². The molecular weight excluding hydrogens is 401 g/mol. The summed E-state index contributed by atoms with van der Waals surface area (Å²) in [6, 6.07) is 5.13. The number of nitrogens with zero attached hydrogens (tertiary/aromatic N) is 3. The van der Waals surface area contributed by atoms with Crippen molar-refractivity contribution in [2.24, 2.45) is 11.3 Å². The summed E-state index contributed by atoms with van der Waals surface area (Å²) in [4.78, 5) is 17.3. The van der Waals surface area contributed by atoms with Gasteiger partial charge in [-0.3, -0.25) is 4.79 Å². The first kappa shape index (κ1) is 22.7. The minimum atomic E-state index is -0.160. The van der Waals surface area contributed by atoms with Crippen molar-refractivity contribution in [3.05, 3.63) is 28.2 Å². The predicted molar refractivity (Wildman–Crippen MR) is 111 cm³/mol. The molecule has 0 fully saturated rings. The number of carbonyl (C=O) groups is 1. The molecule has 0 radical (unpaired) electrons. The molecule has 1 heterocycles. The Labute approximate surface area is 176 Å². The average Bonchev–Trinajstić information content (AvgIpc) is 2.97. The summed E-state index contributed by atoms with van der Waals surface area (Å²) in [6.07, 6.45) is 1.26. The summed E-state index contributed by atoms with van der Waals surface area (Å²) in [5.41, 5.74) is 0.704. The molecule has 0 saturated carbocycles. The third-order valence-corrected chi connectivity index (χ3v) is 4.55. The minimum absolute atomic E-state index is 0.106. The van der Waals surface area contributed by atoms with Crippen LogP contribution in [0, 0.1) is 11.3 Å². The van der Waals surface area contributed by atoms with Crippen LogP contribution in [0.2, 0.25) is 10.0 Å². The van der Waals surface area contributed by atoms with Gasteiger partial charge >= 0.3 is 6.01 Å². The zero-order valence-electron chi connectivity index (χ0n) is 17.0. The fraction of sp³-hybridized carbons (Fsp3) is 0.550. The highest BCUT2D eigenvalue weighted by Gasteiger charge is 2.24. The van der Waals surface area contributed by atoms with Gasteiger partial charge in [0.15, 0.2) is 5.82 Å². The molecular formula is C20H27Cl2N3O3. The van der Waals surface area contributed by atoms with Crippen LogP contribution < -0.4 is 4.74 Å². The van der Waals surface area contributed by atoms with Gasteiger partial charge in [-0.1, -0.05) is 50.9 Å². The fourth-order valence-corrected chi connectivity index (χ4v) is 3.58. The Bertz CT molecular complexity index is 816. The number of methoxy groups -OCH3 is 1. The zero-order valence-corrected chi connectivity index (χ0v) is 18.5. The van der Waals surface area contributed by atoms with Crippen molar-refractivity contribution in [1.29, 1.82) is 0 Å². The van der Waals surface area contributed by atoms with Crippen LogP contribution in [0.3, 0.4) is 0 Å². The second kappa shape index (κ2) is 9.72. The molecule has 1 aromatic carbocycles. The number of halogens is 2. The molecule has 154 valence electrons. The Morgan fingerprint density at radius 1 is 1.25 bits per heavy atom. The SMILES string of the molecule is COCCOc1nc(-c2ccc(Cl)cc2Cl)n(C(=O)CC(C)CC(C)(C)C)n1. The third kappa shape index (κ3) is 6.47. The van der Waals surface area contributed by atoms with Crippen LogP contribution in [0.4, 0.5) is 0 Å². The maximum absolute atomic E-state index is 13.0. The predicted octanol–water partition coefficient (Wildman–Crippen LogP) is 5.38. The summed E-state index contributed by atoms with van der Waals surface area (Å²) in [5, 5.41) is 5.15. The lowest BCUT2D eigenvalue weighted by molar-refractivity contribution is 0.0854. The Hall–Kier alpha value is -1.63. The van der Waals surface area contributed by atoms with E-state index in [1.807, 2.05) is 0 Å². The van der Waals surface area contributed by atoms with Crippen molar-refractivity contribution in [3.8, 4) is 17.4 Å². The highest BCUT2D eigenvalue weighted by molar-refractivity contribution is 6.36. The van der Waals surface area contributed by atoms with Crippen molar-refractivity contribution < 1.29 is 14.3 Å². The maximum atomic E-state index is 13.0. The van der Waals surface area contributed by atoms with E-state index in [1.54, 1.807) is 25.3 Å². The second-order valence-electron chi connectivity index (χ2n) is 8.06. The Morgan fingerprint density at radius 3 is 2.57 bits per heavy atom. The van der Waals surface area contributed by atoms with Gasteiger partial charge in [0.2, 0.25) is 5.91 Å². The smallest absolute Gasteiger partial charge is 0.336 e. The van der Waals surface area contributed by atoms with Crippen LogP contribution >= 0.6 is 23.2 Å². The molecule has 28 heavy (non-hydrogen) atoms. The van der Waals surface area contributed by atoms with E-state index in [0.717, 1.165) is 6.42 Å². The van der Waals surface area contributed by atoms with Gasteiger partial charge in [0.05, 0.1) is 11.6 Å². The largest absolute Gasteiger partial charge is 0.460 e. The number of hydrogen-bond donors (Lipinski definition) is 0. The van der Waals surface area contributed by atoms with Gasteiger partial charge in [-0.05, 0) is 36.0 Å². The Kier molecular flexibility index (Phi) is 7.87. The molecule has 1 unspecified atom stereocenters. The van der Waals surface area contributed by atoms with E-state index in [0.29, 0.717) is 34.5 Å². The van der Waals surface area contributed by atoms with E-state index in [-0.39, 0.29) is 29.9 Å². The number of aromatic nitrogens is 3. The van der Waals surface area contributed by atoms with Crippen molar-refractivity contribution in [2.75, 3.05) is 20.3 Å². The van der Waals surface area contributed by atoms with Gasteiger partial charge in [-0.25, -0.2) is 0 Å². The molecule has 0 aliphatic carbocycles. The van der Waals surface area contributed by atoms with Gasteiger partial charge in [0, 0.05) is 24.1 Å². The van der Waals surface area contributed by atoms with Crippen molar-refractivity contribution >= 4 is 29.1 Å². The summed E-state index contributed by atoms with van der Waals surface area (Å²) < 4.78 is 11.7. The maximum Gasteiger partial charge on any atom is 0.336 e. The van der Waals surface area contributed by atoms with Gasteiger partial charge < -0.3 is 9.47 Å². The Morgan fingerprint density at radius 2 is 1.96 bits per heavy atom. The lowest BCUT2D eigenvalue weighted by Gasteiger charge is -2.22. The monoisotopic (exact) mass is 427 g/mol. The molecule has 2 rings (SSSR count). The standard InChI is InChI=1S/C20H27Cl2N3O3/c1-13(12-20(2,3)4)10-17(26)25-18(15-7-6-14(21)11-16(15)22)23-19(24-25)28-9-8-27-5/h6-7,11,13H,8-10,12H2,1-5H3. The van der Waals surface area contributed by atoms with Crippen LogP contribution in [0.15, 0.2) is 18.2 Å². The molecule has 8 heteroatoms. The average molecular weight is 428 g/mol. The van der Waals surface area contributed by atoms with Crippen LogP contribution in [0.25, 0.3) is 11.4 Å². The zero-order chi connectivity index (χ0) is 20.9. The van der Waals surface area contributed by atoms with Gasteiger partial charge in [0.25, 0.3) is 0 Å². The molecule has 1 aromatic heterocycles. The molecule has 0 aliphatic rings. The normalized spacial score (nSPS) is 12.8. The molecule has 6 nitrogen and oxygen atoms in total. The first-order chi connectivity index (χ1) is 13.1. The number of rotatable bonds is 8. The van der Waals surface area contributed by atoms with Crippen LogP contribution in [0.5, 0.6) is 6.01 Å². The molecule has 0 bridgehead atoms. The van der Waals surface area contributed by atoms with Gasteiger partial charge in [0.1, 0.15) is 6.61 Å². The summed E-state index contributed by atoms with van der Waals surface area (Å²) >= 11 is 12.3. The summed E-state index contributed by atoms with van der Waals surface area (Å²) in [5.74, 6) is 0.372. The molecule has 0 N–H and O–H groups in total. The molecule has 0 amide bonds. The highest BCUT2D eigenvalue weighted by Crippen LogP contribution is 2.31. The number of hydrogen-bond acceptors (Lipinski definition) is 5. The van der Waals surface area contributed by atoms with Crippen molar-refractivity contribution in [2.45, 2.75) is 40.5 Å². The molecule has 0 spiro atoms. The number of ether oxygens (including phenoxy) is 2. The second-order valence-corrected chi connectivity index (χ2v) is 8.91. The highest BCUT2D eigenvalue weighted by atomic mass is 35.5. The quantitative estimate of drug-likeness (QED) is 0.528. The third-order valence-electron chi connectivity index (χ3n) is 4.00. The molecule has 1 atom stereocenters. The van der Waals surface area contributed by atoms with Gasteiger partial charge in [-0.2, -0.15) is 9.67 Å². The number of benzene rings is 1. The van der Waals surface area contributed by atoms with Crippen LogP contribution in [-0.4, -0.2) is 41.0 Å². The van der Waals surface area contributed by atoms with E-state index < -0.39 is 0 Å². The number of carbonyl (C=O) groups excluding carboxylic acids is 1. The minimum Gasteiger partial charge on any atom is -0.460 e. The van der Waals surface area contributed by atoms with E-state index in [1.165, 1.54) is 4.68 Å². The molecule has 0 aliphatic heterocycles. The molecule has 0 saturated heterocycles. The van der Waals surface area contributed by atoms with Crippen LogP contribution in [0.1, 0.15) is 45.3 Å². The lowest BCUT2D eigenvalue weighted by Crippen LogP contribution is -2.20. The summed E-state index contributed by atoms with van der Waals surface area (Å²) in [6.45, 7) is 9.20. The van der Waals surface area contributed by atoms with E-state index >= 15 is 0 Å². The first-order valence-corrected chi connectivity index (χ1v) is 9.93. The molecule has 2 aromatic rings. The first-order valence-electron chi connectivity index (χ1n) is 9.18.